The van der Waals surface area contributed by atoms with Crippen LogP contribution < -0.4 is 9.47 Å². The number of benzene rings is 3. The first kappa shape index (κ1) is 19.2. The van der Waals surface area contributed by atoms with Gasteiger partial charge in [0.15, 0.2) is 5.76 Å². The average molecular weight is 413 g/mol. The van der Waals surface area contributed by atoms with E-state index in [-0.39, 0.29) is 28.7 Å². The quantitative estimate of drug-likeness (QED) is 0.484. The van der Waals surface area contributed by atoms with Crippen molar-refractivity contribution in [2.45, 2.75) is 13.5 Å². The predicted molar refractivity (Wildman–Crippen MR) is 106 cm³/mol. The van der Waals surface area contributed by atoms with Crippen LogP contribution in [0.1, 0.15) is 27.0 Å². The summed E-state index contributed by atoms with van der Waals surface area (Å²) in [7, 11) is 0. The summed E-state index contributed by atoms with van der Waals surface area (Å²) in [5.74, 6) is -0.256. The molecular formula is C23H15ClF2O3. The minimum atomic E-state index is -0.440. The fraction of sp³-hybridized carbons (Fsp3) is 0.0870. The van der Waals surface area contributed by atoms with Gasteiger partial charge in [-0.2, -0.15) is 0 Å². The van der Waals surface area contributed by atoms with E-state index in [9.17, 15) is 13.6 Å². The Bertz CT molecular complexity index is 1150. The highest BCUT2D eigenvalue weighted by Gasteiger charge is 2.30. The Balaban J connectivity index is 1.59. The largest absolute Gasteiger partial charge is 0.488 e. The van der Waals surface area contributed by atoms with Crippen LogP contribution in [0.3, 0.4) is 0 Å². The van der Waals surface area contributed by atoms with Gasteiger partial charge in [-0.25, -0.2) is 8.78 Å². The third-order valence-corrected chi connectivity index (χ3v) is 4.98. The summed E-state index contributed by atoms with van der Waals surface area (Å²) in [6, 6.07) is 13.5. The zero-order chi connectivity index (χ0) is 20.5. The Hall–Kier alpha value is -3.18. The number of rotatable bonds is 4. The van der Waals surface area contributed by atoms with Crippen molar-refractivity contribution in [1.29, 1.82) is 0 Å². The highest BCUT2D eigenvalue weighted by atomic mass is 35.5. The van der Waals surface area contributed by atoms with Gasteiger partial charge in [-0.05, 0) is 43.3 Å². The number of halogens is 3. The van der Waals surface area contributed by atoms with Crippen molar-refractivity contribution in [3.05, 3.63) is 99.3 Å². The SMILES string of the molecule is Cc1c(OCc2ccc(F)cc2Cl)ccc2c1O/C(=C\c1ccccc1F)C2=O. The van der Waals surface area contributed by atoms with Crippen LogP contribution in [0.5, 0.6) is 11.5 Å². The van der Waals surface area contributed by atoms with Crippen LogP contribution in [0.25, 0.3) is 6.08 Å². The summed E-state index contributed by atoms with van der Waals surface area (Å²) >= 11 is 6.03. The lowest BCUT2D eigenvalue weighted by Gasteiger charge is -2.12. The normalized spacial score (nSPS) is 14.1. The fourth-order valence-electron chi connectivity index (χ4n) is 3.05. The molecule has 146 valence electrons. The highest BCUT2D eigenvalue weighted by molar-refractivity contribution is 6.31. The molecule has 0 radical (unpaired) electrons. The lowest BCUT2D eigenvalue weighted by atomic mass is 10.1. The molecule has 4 rings (SSSR count). The standard InChI is InChI=1S/C23H15ClF2O3/c1-13-20(28-12-15-6-7-16(25)11-18(15)24)9-8-17-22(27)21(29-23(13)17)10-14-4-2-3-5-19(14)26/h2-11H,12H2,1H3/b21-10-. The fourth-order valence-corrected chi connectivity index (χ4v) is 3.27. The summed E-state index contributed by atoms with van der Waals surface area (Å²) in [5, 5.41) is 0.269. The molecule has 1 aliphatic rings. The van der Waals surface area contributed by atoms with Gasteiger partial charge in [0.2, 0.25) is 5.78 Å². The van der Waals surface area contributed by atoms with E-state index in [4.69, 9.17) is 21.1 Å². The predicted octanol–water partition coefficient (Wildman–Crippen LogP) is 6.12. The number of carbonyl (C=O) groups is 1. The number of hydrogen-bond acceptors (Lipinski definition) is 3. The third kappa shape index (κ3) is 3.74. The molecule has 3 aromatic rings. The zero-order valence-electron chi connectivity index (χ0n) is 15.3. The van der Waals surface area contributed by atoms with Gasteiger partial charge in [-0.1, -0.05) is 35.9 Å². The minimum absolute atomic E-state index is 0.0481. The van der Waals surface area contributed by atoms with Crippen molar-refractivity contribution in [2.24, 2.45) is 0 Å². The second kappa shape index (κ2) is 7.68. The second-order valence-electron chi connectivity index (χ2n) is 6.55. The number of carbonyl (C=O) groups excluding carboxylic acids is 1. The van der Waals surface area contributed by atoms with Crippen molar-refractivity contribution < 1.29 is 23.0 Å². The smallest absolute Gasteiger partial charge is 0.231 e. The van der Waals surface area contributed by atoms with Crippen molar-refractivity contribution >= 4 is 23.5 Å². The van der Waals surface area contributed by atoms with E-state index in [1.165, 1.54) is 24.3 Å². The Morgan fingerprint density at radius 2 is 1.90 bits per heavy atom. The molecule has 1 heterocycles. The van der Waals surface area contributed by atoms with Crippen molar-refractivity contribution in [1.82, 2.24) is 0 Å². The van der Waals surface area contributed by atoms with Crippen molar-refractivity contribution in [3.8, 4) is 11.5 Å². The van der Waals surface area contributed by atoms with E-state index in [1.807, 2.05) is 0 Å². The molecule has 0 aliphatic carbocycles. The number of fused-ring (bicyclic) bond motifs is 1. The summed E-state index contributed by atoms with van der Waals surface area (Å²) in [6.07, 6.45) is 1.38. The van der Waals surface area contributed by atoms with Gasteiger partial charge in [0.1, 0.15) is 29.7 Å². The first-order valence-corrected chi connectivity index (χ1v) is 9.21. The molecule has 0 spiro atoms. The van der Waals surface area contributed by atoms with Crippen LogP contribution in [0.4, 0.5) is 8.78 Å². The average Bonchev–Trinajstić information content (AvgIpc) is 3.01. The van der Waals surface area contributed by atoms with E-state index >= 15 is 0 Å². The van der Waals surface area contributed by atoms with Crippen LogP contribution >= 0.6 is 11.6 Å². The first-order chi connectivity index (χ1) is 13.9. The molecule has 0 fully saturated rings. The number of allylic oxidation sites excluding steroid dienone is 1. The van der Waals surface area contributed by atoms with E-state index in [0.717, 1.165) is 0 Å². The monoisotopic (exact) mass is 412 g/mol. The molecule has 6 heteroatoms. The number of ketones is 1. The van der Waals surface area contributed by atoms with Crippen molar-refractivity contribution in [2.75, 3.05) is 0 Å². The van der Waals surface area contributed by atoms with Gasteiger partial charge >= 0.3 is 0 Å². The summed E-state index contributed by atoms with van der Waals surface area (Å²) in [4.78, 5) is 12.6. The van der Waals surface area contributed by atoms with Gasteiger partial charge in [-0.15, -0.1) is 0 Å². The van der Waals surface area contributed by atoms with Gasteiger partial charge in [-0.3, -0.25) is 4.79 Å². The molecular weight excluding hydrogens is 398 g/mol. The van der Waals surface area contributed by atoms with Gasteiger partial charge in [0, 0.05) is 16.7 Å². The zero-order valence-corrected chi connectivity index (χ0v) is 16.1. The maximum Gasteiger partial charge on any atom is 0.231 e. The van der Waals surface area contributed by atoms with Crippen LogP contribution in [0.15, 0.2) is 60.4 Å². The molecule has 0 aromatic heterocycles. The molecule has 0 atom stereocenters. The van der Waals surface area contributed by atoms with Crippen molar-refractivity contribution in [3.63, 3.8) is 0 Å². The number of hydrogen-bond donors (Lipinski definition) is 0. The van der Waals surface area contributed by atoms with E-state index < -0.39 is 11.6 Å². The Kier molecular flexibility index (Phi) is 5.07. The van der Waals surface area contributed by atoms with Crippen LogP contribution in [0.2, 0.25) is 5.02 Å². The molecule has 1 aliphatic heterocycles. The summed E-state index contributed by atoms with van der Waals surface area (Å²) < 4.78 is 38.6. The lowest BCUT2D eigenvalue weighted by molar-refractivity contribution is 0.101. The van der Waals surface area contributed by atoms with Crippen LogP contribution in [-0.2, 0) is 6.61 Å². The van der Waals surface area contributed by atoms with E-state index in [0.29, 0.717) is 28.2 Å². The molecule has 0 bridgehead atoms. The molecule has 0 unspecified atom stereocenters. The van der Waals surface area contributed by atoms with Gasteiger partial charge < -0.3 is 9.47 Å². The molecule has 0 amide bonds. The number of Topliss-reactive ketones (excluding diaryl/α,β-unsaturated/α-hetero) is 1. The van der Waals surface area contributed by atoms with Gasteiger partial charge in [0.05, 0.1) is 10.6 Å². The number of ether oxygens (including phenoxy) is 2. The Morgan fingerprint density at radius 1 is 1.10 bits per heavy atom. The van der Waals surface area contributed by atoms with Crippen LogP contribution in [0, 0.1) is 18.6 Å². The van der Waals surface area contributed by atoms with E-state index in [1.54, 1.807) is 43.3 Å². The molecule has 0 N–H and O–H groups in total. The molecule has 0 saturated carbocycles. The lowest BCUT2D eigenvalue weighted by Crippen LogP contribution is -1.99. The first-order valence-electron chi connectivity index (χ1n) is 8.83. The Morgan fingerprint density at radius 3 is 2.66 bits per heavy atom. The summed E-state index contributed by atoms with van der Waals surface area (Å²) in [6.45, 7) is 1.89. The minimum Gasteiger partial charge on any atom is -0.488 e. The van der Waals surface area contributed by atoms with E-state index in [2.05, 4.69) is 0 Å². The maximum atomic E-state index is 13.9. The third-order valence-electron chi connectivity index (χ3n) is 4.63. The highest BCUT2D eigenvalue weighted by Crippen LogP contribution is 2.39. The molecule has 29 heavy (non-hydrogen) atoms. The second-order valence-corrected chi connectivity index (χ2v) is 6.96. The van der Waals surface area contributed by atoms with Crippen LogP contribution in [-0.4, -0.2) is 5.78 Å². The molecule has 0 saturated heterocycles. The summed E-state index contributed by atoms with van der Waals surface area (Å²) in [5.41, 5.74) is 1.91. The topological polar surface area (TPSA) is 35.5 Å². The molecule has 3 aromatic carbocycles. The van der Waals surface area contributed by atoms with Gasteiger partial charge in [0.25, 0.3) is 0 Å². The maximum absolute atomic E-state index is 13.9. The molecule has 3 nitrogen and oxygen atoms in total. The Labute approximate surface area is 171 Å².